The molecule has 0 atom stereocenters. The highest BCUT2D eigenvalue weighted by atomic mass is 127. The van der Waals surface area contributed by atoms with E-state index in [0.717, 1.165) is 63.9 Å². The lowest BCUT2D eigenvalue weighted by atomic mass is 9.67. The minimum absolute atomic E-state index is 0. The standard InChI is InChI=1S/C24H39N3O3.HI/c1-4-30-21-8-6-20(7-9-21)24(13-16-29-17-14-24)19-27-22(25-2)26-18-23(10-5-11-23)12-15-28-3;/h6-9H,4-5,10-19H2,1-3H3,(H2,25,26,27);1H. The molecule has 7 heteroatoms. The van der Waals surface area contributed by atoms with Crippen LogP contribution in [0.15, 0.2) is 29.3 Å². The Bertz CT molecular complexity index is 671. The van der Waals surface area contributed by atoms with Crippen LogP contribution < -0.4 is 15.4 Å². The third-order valence-corrected chi connectivity index (χ3v) is 6.93. The molecule has 3 rings (SSSR count). The SMILES string of the molecule is CCOc1ccc(C2(CNC(=NC)NCC3(CCOC)CCC3)CCOCC2)cc1.I. The summed E-state index contributed by atoms with van der Waals surface area (Å²) < 4.78 is 16.6. The number of ether oxygens (including phenoxy) is 3. The van der Waals surface area contributed by atoms with Crippen molar-refractivity contribution in [1.82, 2.24) is 10.6 Å². The molecule has 1 aliphatic carbocycles. The van der Waals surface area contributed by atoms with Gasteiger partial charge in [-0.2, -0.15) is 0 Å². The second-order valence-corrected chi connectivity index (χ2v) is 8.73. The van der Waals surface area contributed by atoms with Crippen LogP contribution in [0.2, 0.25) is 0 Å². The zero-order chi connectivity index (χ0) is 21.3. The summed E-state index contributed by atoms with van der Waals surface area (Å²) in [5, 5.41) is 7.20. The summed E-state index contributed by atoms with van der Waals surface area (Å²) in [5.41, 5.74) is 1.75. The average Bonchev–Trinajstić information content (AvgIpc) is 2.76. The lowest BCUT2D eigenvalue weighted by Crippen LogP contribution is -2.51. The van der Waals surface area contributed by atoms with Crippen molar-refractivity contribution in [3.05, 3.63) is 29.8 Å². The van der Waals surface area contributed by atoms with Gasteiger partial charge >= 0.3 is 0 Å². The summed E-state index contributed by atoms with van der Waals surface area (Å²) in [5.74, 6) is 1.81. The molecule has 2 N–H and O–H groups in total. The Hall–Kier alpha value is -1.06. The van der Waals surface area contributed by atoms with Crippen molar-refractivity contribution in [3.63, 3.8) is 0 Å². The highest BCUT2D eigenvalue weighted by Gasteiger charge is 2.37. The van der Waals surface area contributed by atoms with E-state index in [9.17, 15) is 0 Å². The predicted octanol–water partition coefficient (Wildman–Crippen LogP) is 4.12. The van der Waals surface area contributed by atoms with Gasteiger partial charge in [-0.25, -0.2) is 0 Å². The van der Waals surface area contributed by atoms with Crippen LogP contribution in [-0.2, 0) is 14.9 Å². The second kappa shape index (κ2) is 12.8. The Morgan fingerprint density at radius 1 is 1.06 bits per heavy atom. The Balaban J connectivity index is 0.00000341. The number of nitrogens with one attached hydrogen (secondary N) is 2. The van der Waals surface area contributed by atoms with Crippen molar-refractivity contribution < 1.29 is 14.2 Å². The van der Waals surface area contributed by atoms with E-state index in [-0.39, 0.29) is 29.4 Å². The number of hydrogen-bond acceptors (Lipinski definition) is 4. The van der Waals surface area contributed by atoms with Crippen LogP contribution in [0.3, 0.4) is 0 Å². The van der Waals surface area contributed by atoms with E-state index in [1.807, 2.05) is 14.0 Å². The number of rotatable bonds is 10. The van der Waals surface area contributed by atoms with Gasteiger partial charge in [-0.3, -0.25) is 4.99 Å². The first-order chi connectivity index (χ1) is 14.7. The number of aliphatic imine (C=N–C) groups is 1. The van der Waals surface area contributed by atoms with E-state index in [0.29, 0.717) is 12.0 Å². The van der Waals surface area contributed by atoms with Crippen molar-refractivity contribution in [1.29, 1.82) is 0 Å². The fourth-order valence-corrected chi connectivity index (χ4v) is 4.66. The first kappa shape index (κ1) is 26.2. The summed E-state index contributed by atoms with van der Waals surface area (Å²) in [6.07, 6.45) is 6.98. The van der Waals surface area contributed by atoms with Crippen molar-refractivity contribution >= 4 is 29.9 Å². The van der Waals surface area contributed by atoms with Gasteiger partial charge < -0.3 is 24.8 Å². The number of methoxy groups -OCH3 is 1. The molecule has 0 unspecified atom stereocenters. The average molecular weight is 546 g/mol. The first-order valence-electron chi connectivity index (χ1n) is 11.4. The van der Waals surface area contributed by atoms with Crippen LogP contribution in [0.25, 0.3) is 0 Å². The molecular weight excluding hydrogens is 505 g/mol. The number of hydrogen-bond donors (Lipinski definition) is 2. The Morgan fingerprint density at radius 2 is 1.74 bits per heavy atom. The summed E-state index contributed by atoms with van der Waals surface area (Å²) in [7, 11) is 3.64. The van der Waals surface area contributed by atoms with Gasteiger partial charge in [0.05, 0.1) is 6.61 Å². The number of guanidine groups is 1. The van der Waals surface area contributed by atoms with Crippen LogP contribution in [0.4, 0.5) is 0 Å². The molecule has 0 radical (unpaired) electrons. The maximum atomic E-state index is 5.68. The molecule has 1 saturated heterocycles. The van der Waals surface area contributed by atoms with E-state index in [1.165, 1.54) is 24.8 Å². The molecule has 1 aromatic rings. The van der Waals surface area contributed by atoms with Crippen LogP contribution >= 0.6 is 24.0 Å². The molecule has 1 heterocycles. The molecular formula is C24H40IN3O3. The fraction of sp³-hybridized carbons (Fsp3) is 0.708. The van der Waals surface area contributed by atoms with E-state index < -0.39 is 0 Å². The Labute approximate surface area is 204 Å². The minimum Gasteiger partial charge on any atom is -0.494 e. The van der Waals surface area contributed by atoms with Crippen LogP contribution in [-0.4, -0.2) is 59.6 Å². The lowest BCUT2D eigenvalue weighted by Gasteiger charge is -2.43. The van der Waals surface area contributed by atoms with Gasteiger partial charge in [-0.05, 0) is 62.1 Å². The monoisotopic (exact) mass is 545 g/mol. The van der Waals surface area contributed by atoms with Gasteiger partial charge in [0.1, 0.15) is 5.75 Å². The highest BCUT2D eigenvalue weighted by molar-refractivity contribution is 14.0. The molecule has 6 nitrogen and oxygen atoms in total. The van der Waals surface area contributed by atoms with Crippen LogP contribution in [0.5, 0.6) is 5.75 Å². The van der Waals surface area contributed by atoms with Gasteiger partial charge in [0.2, 0.25) is 0 Å². The largest absolute Gasteiger partial charge is 0.494 e. The quantitative estimate of drug-likeness (QED) is 0.263. The summed E-state index contributed by atoms with van der Waals surface area (Å²) >= 11 is 0. The topological polar surface area (TPSA) is 64.1 Å². The second-order valence-electron chi connectivity index (χ2n) is 8.73. The molecule has 0 amide bonds. The number of benzene rings is 1. The van der Waals surface area contributed by atoms with E-state index in [1.54, 1.807) is 7.11 Å². The normalized spacial score (nSPS) is 19.6. The van der Waals surface area contributed by atoms with Crippen LogP contribution in [0.1, 0.15) is 51.0 Å². The maximum Gasteiger partial charge on any atom is 0.191 e. The molecule has 31 heavy (non-hydrogen) atoms. The zero-order valence-corrected chi connectivity index (χ0v) is 21.7. The van der Waals surface area contributed by atoms with Crippen molar-refractivity contribution in [3.8, 4) is 5.75 Å². The molecule has 0 spiro atoms. The minimum atomic E-state index is 0. The number of halogens is 1. The zero-order valence-electron chi connectivity index (χ0n) is 19.4. The molecule has 1 saturated carbocycles. The third kappa shape index (κ3) is 6.96. The first-order valence-corrected chi connectivity index (χ1v) is 11.4. The van der Waals surface area contributed by atoms with Crippen molar-refractivity contribution in [2.45, 2.75) is 50.9 Å². The van der Waals surface area contributed by atoms with E-state index >= 15 is 0 Å². The van der Waals surface area contributed by atoms with Gasteiger partial charge in [-0.1, -0.05) is 18.6 Å². The van der Waals surface area contributed by atoms with Crippen LogP contribution in [0, 0.1) is 5.41 Å². The summed E-state index contributed by atoms with van der Waals surface area (Å²) in [6.45, 7) is 6.91. The molecule has 0 aromatic heterocycles. The smallest absolute Gasteiger partial charge is 0.191 e. The predicted molar refractivity (Wildman–Crippen MR) is 137 cm³/mol. The number of nitrogens with zero attached hydrogens (tertiary/aromatic N) is 1. The van der Waals surface area contributed by atoms with E-state index in [4.69, 9.17) is 14.2 Å². The summed E-state index contributed by atoms with van der Waals surface area (Å²) in [6, 6.07) is 8.59. The summed E-state index contributed by atoms with van der Waals surface area (Å²) in [4.78, 5) is 4.49. The lowest BCUT2D eigenvalue weighted by molar-refractivity contribution is 0.0512. The Morgan fingerprint density at radius 3 is 2.29 bits per heavy atom. The maximum absolute atomic E-state index is 5.68. The molecule has 0 bridgehead atoms. The molecule has 2 fully saturated rings. The van der Waals surface area contributed by atoms with Crippen molar-refractivity contribution in [2.24, 2.45) is 10.4 Å². The Kier molecular flexibility index (Phi) is 10.9. The third-order valence-electron chi connectivity index (χ3n) is 6.93. The molecule has 2 aliphatic rings. The molecule has 1 aliphatic heterocycles. The van der Waals surface area contributed by atoms with Gasteiger partial charge in [-0.15, -0.1) is 24.0 Å². The van der Waals surface area contributed by atoms with Gasteiger partial charge in [0.25, 0.3) is 0 Å². The molecule has 1 aromatic carbocycles. The van der Waals surface area contributed by atoms with Gasteiger partial charge in [0, 0.05) is 52.5 Å². The fourth-order valence-electron chi connectivity index (χ4n) is 4.66. The van der Waals surface area contributed by atoms with Gasteiger partial charge in [0.15, 0.2) is 5.96 Å². The van der Waals surface area contributed by atoms with E-state index in [2.05, 4.69) is 39.9 Å². The highest BCUT2D eigenvalue weighted by Crippen LogP contribution is 2.43. The van der Waals surface area contributed by atoms with Crippen molar-refractivity contribution in [2.75, 3.05) is 53.7 Å². The molecule has 176 valence electrons.